The predicted octanol–water partition coefficient (Wildman–Crippen LogP) is 3.76. The summed E-state index contributed by atoms with van der Waals surface area (Å²) in [5.41, 5.74) is 4.21. The molecule has 1 aromatic carbocycles. The molecule has 2 aliphatic heterocycles. The monoisotopic (exact) mass is 392 g/mol. The molecule has 2 atom stereocenters. The van der Waals surface area contributed by atoms with Crippen LogP contribution in [0, 0.1) is 0 Å². The Morgan fingerprint density at radius 1 is 1.14 bits per heavy atom. The highest BCUT2D eigenvalue weighted by Gasteiger charge is 2.43. The highest BCUT2D eigenvalue weighted by Crippen LogP contribution is 2.43. The smallest absolute Gasteiger partial charge is 0.132 e. The third-order valence-electron chi connectivity index (χ3n) is 6.17. The molecule has 0 N–H and O–H groups in total. The Kier molecular flexibility index (Phi) is 4.54. The van der Waals surface area contributed by atoms with E-state index < -0.39 is 0 Å². The van der Waals surface area contributed by atoms with Crippen molar-refractivity contribution in [2.45, 2.75) is 64.4 Å². The van der Waals surface area contributed by atoms with Gasteiger partial charge in [-0.2, -0.15) is 0 Å². The number of morpholine rings is 1. The Morgan fingerprint density at radius 3 is 2.66 bits per heavy atom. The minimum Gasteiger partial charge on any atom is -0.487 e. The zero-order valence-electron chi connectivity index (χ0n) is 17.4. The van der Waals surface area contributed by atoms with Gasteiger partial charge in [0, 0.05) is 24.7 Å². The molecule has 1 aromatic heterocycles. The van der Waals surface area contributed by atoms with Crippen molar-refractivity contribution in [2.24, 2.45) is 4.99 Å². The molecule has 0 bridgehead atoms. The Bertz CT molecular complexity index is 944. The van der Waals surface area contributed by atoms with Gasteiger partial charge >= 0.3 is 0 Å². The first kappa shape index (κ1) is 18.6. The molecule has 2 fully saturated rings. The van der Waals surface area contributed by atoms with Crippen molar-refractivity contribution >= 4 is 11.5 Å². The van der Waals surface area contributed by atoms with Crippen molar-refractivity contribution in [2.75, 3.05) is 18.0 Å². The fourth-order valence-corrected chi connectivity index (χ4v) is 4.38. The molecular formula is C23H28N4O2. The summed E-state index contributed by atoms with van der Waals surface area (Å²) in [6.07, 6.45) is 5.37. The summed E-state index contributed by atoms with van der Waals surface area (Å²) >= 11 is 0. The lowest BCUT2D eigenvalue weighted by Crippen LogP contribution is -2.45. The molecule has 1 aliphatic carbocycles. The van der Waals surface area contributed by atoms with Crippen LogP contribution < -0.4 is 9.64 Å². The zero-order valence-corrected chi connectivity index (χ0v) is 17.4. The standard InChI is InChI=1S/C23H28N4O2/c1-4-23(7-8-23)29-18-6-5-17-11-24-22(19(17)9-18)20-10-21(26-14-25-20)27-12-15(2)28-16(3)13-27/h5-6,9-10,14-16H,4,7-8,11-13H2,1-3H3/t15-,16+. The van der Waals surface area contributed by atoms with Gasteiger partial charge in [-0.15, -0.1) is 0 Å². The van der Waals surface area contributed by atoms with E-state index in [1.54, 1.807) is 6.33 Å². The lowest BCUT2D eigenvalue weighted by Gasteiger charge is -2.36. The topological polar surface area (TPSA) is 59.8 Å². The third kappa shape index (κ3) is 3.62. The van der Waals surface area contributed by atoms with E-state index in [1.807, 2.05) is 0 Å². The maximum Gasteiger partial charge on any atom is 0.132 e. The molecule has 0 amide bonds. The lowest BCUT2D eigenvalue weighted by atomic mass is 10.0. The number of rotatable bonds is 5. The molecule has 0 radical (unpaired) electrons. The van der Waals surface area contributed by atoms with Gasteiger partial charge in [0.25, 0.3) is 0 Å². The quantitative estimate of drug-likeness (QED) is 0.775. The molecule has 6 heteroatoms. The molecular weight excluding hydrogens is 364 g/mol. The maximum atomic E-state index is 6.30. The van der Waals surface area contributed by atoms with Crippen molar-refractivity contribution in [1.29, 1.82) is 0 Å². The molecule has 29 heavy (non-hydrogen) atoms. The average Bonchev–Trinajstić information content (AvgIpc) is 3.36. The minimum absolute atomic E-state index is 0.0515. The molecule has 2 aromatic rings. The van der Waals surface area contributed by atoms with Crippen LogP contribution in [0.1, 0.15) is 56.9 Å². The Balaban J connectivity index is 1.42. The second-order valence-electron chi connectivity index (χ2n) is 8.55. The van der Waals surface area contributed by atoms with Crippen LogP contribution in [0.25, 0.3) is 0 Å². The van der Waals surface area contributed by atoms with Crippen LogP contribution in [0.15, 0.2) is 35.6 Å². The summed E-state index contributed by atoms with van der Waals surface area (Å²) in [6, 6.07) is 8.41. The van der Waals surface area contributed by atoms with Gasteiger partial charge in [-0.25, -0.2) is 9.97 Å². The Hall–Kier alpha value is -2.47. The van der Waals surface area contributed by atoms with Crippen LogP contribution in [0.5, 0.6) is 5.75 Å². The summed E-state index contributed by atoms with van der Waals surface area (Å²) < 4.78 is 12.2. The van der Waals surface area contributed by atoms with Crippen LogP contribution in [-0.2, 0) is 11.3 Å². The predicted molar refractivity (Wildman–Crippen MR) is 113 cm³/mol. The summed E-state index contributed by atoms with van der Waals surface area (Å²) in [5.74, 6) is 1.87. The number of anilines is 1. The van der Waals surface area contributed by atoms with E-state index in [2.05, 4.69) is 59.9 Å². The van der Waals surface area contributed by atoms with E-state index in [4.69, 9.17) is 14.5 Å². The molecule has 3 heterocycles. The van der Waals surface area contributed by atoms with Crippen molar-refractivity contribution in [3.05, 3.63) is 47.4 Å². The summed E-state index contributed by atoms with van der Waals surface area (Å²) in [5, 5.41) is 0. The number of hydrogen-bond donors (Lipinski definition) is 0. The van der Waals surface area contributed by atoms with Crippen molar-refractivity contribution < 1.29 is 9.47 Å². The van der Waals surface area contributed by atoms with Crippen LogP contribution >= 0.6 is 0 Å². The first-order valence-corrected chi connectivity index (χ1v) is 10.6. The van der Waals surface area contributed by atoms with Gasteiger partial charge in [0.1, 0.15) is 23.5 Å². The van der Waals surface area contributed by atoms with Gasteiger partial charge in [0.2, 0.25) is 0 Å². The minimum atomic E-state index is 0.0515. The average molecular weight is 393 g/mol. The highest BCUT2D eigenvalue weighted by atomic mass is 16.5. The van der Waals surface area contributed by atoms with E-state index in [0.717, 1.165) is 60.9 Å². The molecule has 1 saturated carbocycles. The molecule has 1 saturated heterocycles. The number of ether oxygens (including phenoxy) is 2. The van der Waals surface area contributed by atoms with Gasteiger partial charge in [-0.3, -0.25) is 4.99 Å². The number of hydrogen-bond acceptors (Lipinski definition) is 6. The lowest BCUT2D eigenvalue weighted by molar-refractivity contribution is -0.00546. The molecule has 0 spiro atoms. The van der Waals surface area contributed by atoms with Gasteiger partial charge in [0.05, 0.1) is 30.2 Å². The van der Waals surface area contributed by atoms with Gasteiger partial charge in [-0.1, -0.05) is 13.0 Å². The first-order chi connectivity index (χ1) is 14.0. The largest absolute Gasteiger partial charge is 0.487 e. The van der Waals surface area contributed by atoms with E-state index in [1.165, 1.54) is 5.56 Å². The molecule has 152 valence electrons. The van der Waals surface area contributed by atoms with E-state index in [-0.39, 0.29) is 17.8 Å². The van der Waals surface area contributed by atoms with Crippen molar-refractivity contribution in [3.8, 4) is 5.75 Å². The van der Waals surface area contributed by atoms with Crippen molar-refractivity contribution in [3.63, 3.8) is 0 Å². The molecule has 6 nitrogen and oxygen atoms in total. The number of benzene rings is 1. The molecule has 3 aliphatic rings. The fraction of sp³-hybridized carbons (Fsp3) is 0.522. The number of aromatic nitrogens is 2. The van der Waals surface area contributed by atoms with Crippen LogP contribution in [-0.4, -0.2) is 46.6 Å². The van der Waals surface area contributed by atoms with E-state index in [0.29, 0.717) is 6.54 Å². The Labute approximate surface area is 172 Å². The summed E-state index contributed by atoms with van der Waals surface area (Å²) in [7, 11) is 0. The Morgan fingerprint density at radius 2 is 1.93 bits per heavy atom. The van der Waals surface area contributed by atoms with E-state index in [9.17, 15) is 0 Å². The second kappa shape index (κ2) is 7.10. The second-order valence-corrected chi connectivity index (χ2v) is 8.55. The van der Waals surface area contributed by atoms with E-state index >= 15 is 0 Å². The highest BCUT2D eigenvalue weighted by molar-refractivity contribution is 6.14. The van der Waals surface area contributed by atoms with Crippen LogP contribution in [0.4, 0.5) is 5.82 Å². The van der Waals surface area contributed by atoms with Gasteiger partial charge < -0.3 is 14.4 Å². The normalized spacial score (nSPS) is 24.8. The number of fused-ring (bicyclic) bond motifs is 1. The maximum absolute atomic E-state index is 6.30. The van der Waals surface area contributed by atoms with Gasteiger partial charge in [-0.05, 0) is 50.8 Å². The number of nitrogens with zero attached hydrogens (tertiary/aromatic N) is 4. The summed E-state index contributed by atoms with van der Waals surface area (Å²) in [6.45, 7) is 8.76. The number of aliphatic imine (C=N–C) groups is 1. The third-order valence-corrected chi connectivity index (χ3v) is 6.17. The SMILES string of the molecule is CCC1(Oc2ccc3c(c2)C(c2cc(N4C[C@@H](C)O[C@@H](C)C4)ncn2)=NC3)CC1. The van der Waals surface area contributed by atoms with Crippen molar-refractivity contribution in [1.82, 2.24) is 9.97 Å². The van der Waals surface area contributed by atoms with Gasteiger partial charge in [0.15, 0.2) is 0 Å². The zero-order chi connectivity index (χ0) is 20.0. The first-order valence-electron chi connectivity index (χ1n) is 10.6. The fourth-order valence-electron chi connectivity index (χ4n) is 4.38. The molecule has 0 unspecified atom stereocenters. The van der Waals surface area contributed by atoms with Crippen LogP contribution in [0.3, 0.4) is 0 Å². The van der Waals surface area contributed by atoms with Crippen LogP contribution in [0.2, 0.25) is 0 Å². The molecule has 5 rings (SSSR count). The summed E-state index contributed by atoms with van der Waals surface area (Å²) in [4.78, 5) is 16.1.